The van der Waals surface area contributed by atoms with Crippen LogP contribution in [0.2, 0.25) is 0 Å². The van der Waals surface area contributed by atoms with E-state index >= 15 is 0 Å². The van der Waals surface area contributed by atoms with Gasteiger partial charge < -0.3 is 9.47 Å². The fraction of sp³-hybridized carbons (Fsp3) is 0.364. The van der Waals surface area contributed by atoms with Gasteiger partial charge in [-0.1, -0.05) is 30.3 Å². The van der Waals surface area contributed by atoms with Gasteiger partial charge >= 0.3 is 0 Å². The second-order valence-corrected chi connectivity index (χ2v) is 7.60. The first-order chi connectivity index (χ1) is 12.3. The van der Waals surface area contributed by atoms with Gasteiger partial charge in [0.25, 0.3) is 0 Å². The second-order valence-electron chi connectivity index (χ2n) is 7.60. The number of fused-ring (bicyclic) bond motifs is 4. The van der Waals surface area contributed by atoms with Crippen LogP contribution in [-0.4, -0.2) is 29.1 Å². The number of piperidine rings is 3. The van der Waals surface area contributed by atoms with E-state index < -0.39 is 0 Å². The van der Waals surface area contributed by atoms with Gasteiger partial charge in [0.05, 0.1) is 0 Å². The molecule has 3 saturated heterocycles. The largest absolute Gasteiger partial charge is 0.343 e. The molecule has 2 bridgehead atoms. The summed E-state index contributed by atoms with van der Waals surface area (Å²) in [5.74, 6) is 1.31. The Labute approximate surface area is 147 Å². The maximum atomic E-state index is 13.2. The van der Waals surface area contributed by atoms with Crippen LogP contribution >= 0.6 is 0 Å². The maximum absolute atomic E-state index is 13.2. The van der Waals surface area contributed by atoms with Crippen LogP contribution in [0.15, 0.2) is 54.7 Å². The van der Waals surface area contributed by atoms with E-state index in [2.05, 4.69) is 39.9 Å². The predicted molar refractivity (Wildman–Crippen MR) is 99.3 cm³/mol. The van der Waals surface area contributed by atoms with Crippen molar-refractivity contribution in [3.8, 4) is 0 Å². The molecule has 6 rings (SSSR count). The first kappa shape index (κ1) is 15.2. The molecule has 1 aromatic heterocycles. The van der Waals surface area contributed by atoms with E-state index in [1.54, 1.807) is 12.1 Å². The Hall–Kier alpha value is -2.13. The van der Waals surface area contributed by atoms with Gasteiger partial charge in [-0.3, -0.25) is 0 Å². The van der Waals surface area contributed by atoms with Crippen LogP contribution in [0, 0.1) is 11.7 Å². The number of para-hydroxylation sites is 1. The second kappa shape index (κ2) is 5.99. The summed E-state index contributed by atoms with van der Waals surface area (Å²) in [7, 11) is 0. The van der Waals surface area contributed by atoms with E-state index in [9.17, 15) is 4.39 Å². The summed E-state index contributed by atoms with van der Waals surface area (Å²) < 4.78 is 15.5. The van der Waals surface area contributed by atoms with Crippen molar-refractivity contribution in [3.63, 3.8) is 0 Å². The zero-order valence-electron chi connectivity index (χ0n) is 14.4. The highest BCUT2D eigenvalue weighted by atomic mass is 19.1. The molecular weight excluding hydrogens is 311 g/mol. The predicted octanol–water partition coefficient (Wildman–Crippen LogP) is 4.64. The Morgan fingerprint density at radius 1 is 0.960 bits per heavy atom. The molecule has 3 aliphatic heterocycles. The van der Waals surface area contributed by atoms with Crippen LogP contribution in [-0.2, 0) is 6.54 Å². The Morgan fingerprint density at radius 2 is 1.72 bits per heavy atom. The maximum Gasteiger partial charge on any atom is 0.123 e. The minimum absolute atomic E-state index is 0.172. The minimum Gasteiger partial charge on any atom is -0.343 e. The Bertz CT molecular complexity index is 888. The lowest BCUT2D eigenvalue weighted by molar-refractivity contribution is 0.0876. The SMILES string of the molecule is Fc1ccc(Cn2cc(C3CN4CCC3CC4)c3ccccc32)cc1. The molecule has 3 heteroatoms. The molecule has 1 atom stereocenters. The summed E-state index contributed by atoms with van der Waals surface area (Å²) in [5.41, 5.74) is 3.94. The molecule has 0 radical (unpaired) electrons. The van der Waals surface area contributed by atoms with Crippen molar-refractivity contribution in [3.05, 3.63) is 71.7 Å². The highest BCUT2D eigenvalue weighted by molar-refractivity contribution is 5.84. The minimum atomic E-state index is -0.172. The van der Waals surface area contributed by atoms with Crippen LogP contribution in [0.5, 0.6) is 0 Å². The van der Waals surface area contributed by atoms with Crippen LogP contribution < -0.4 is 0 Å². The van der Waals surface area contributed by atoms with Crippen molar-refractivity contribution < 1.29 is 4.39 Å². The lowest BCUT2D eigenvalue weighted by Crippen LogP contribution is -2.46. The van der Waals surface area contributed by atoms with Gasteiger partial charge in [-0.25, -0.2) is 4.39 Å². The molecule has 3 aliphatic rings. The van der Waals surface area contributed by atoms with Crippen molar-refractivity contribution in [2.24, 2.45) is 5.92 Å². The molecule has 3 aromatic rings. The van der Waals surface area contributed by atoms with E-state index in [0.29, 0.717) is 5.92 Å². The zero-order valence-corrected chi connectivity index (χ0v) is 14.4. The van der Waals surface area contributed by atoms with Gasteiger partial charge in [-0.05, 0) is 61.2 Å². The molecule has 2 aromatic carbocycles. The molecule has 0 N–H and O–H groups in total. The zero-order chi connectivity index (χ0) is 16.8. The molecule has 25 heavy (non-hydrogen) atoms. The number of aromatic nitrogens is 1. The quantitative estimate of drug-likeness (QED) is 0.677. The summed E-state index contributed by atoms with van der Waals surface area (Å²) in [4.78, 5) is 2.62. The smallest absolute Gasteiger partial charge is 0.123 e. The molecule has 0 spiro atoms. The van der Waals surface area contributed by atoms with E-state index in [1.807, 2.05) is 12.1 Å². The number of rotatable bonds is 3. The standard InChI is InChI=1S/C22H23FN2/c23-18-7-5-16(6-8-18)13-25-15-21(19-3-1-2-4-22(19)25)20-14-24-11-9-17(20)10-12-24/h1-8,15,17,20H,9-14H2. The highest BCUT2D eigenvalue weighted by Crippen LogP contribution is 2.42. The van der Waals surface area contributed by atoms with Gasteiger partial charge in [0.1, 0.15) is 5.82 Å². The molecule has 3 fully saturated rings. The van der Waals surface area contributed by atoms with Gasteiger partial charge in [0.2, 0.25) is 0 Å². The van der Waals surface area contributed by atoms with Crippen LogP contribution in [0.4, 0.5) is 4.39 Å². The summed E-state index contributed by atoms with van der Waals surface area (Å²) in [6.07, 6.45) is 5.03. The van der Waals surface area contributed by atoms with E-state index in [-0.39, 0.29) is 5.82 Å². The number of hydrogen-bond acceptors (Lipinski definition) is 1. The fourth-order valence-corrected chi connectivity index (χ4v) is 4.81. The third-order valence-corrected chi connectivity index (χ3v) is 6.14. The van der Waals surface area contributed by atoms with Crippen molar-refractivity contribution in [1.82, 2.24) is 9.47 Å². The number of benzene rings is 2. The lowest BCUT2D eigenvalue weighted by atomic mass is 9.75. The molecule has 0 amide bonds. The lowest BCUT2D eigenvalue weighted by Gasteiger charge is -2.44. The van der Waals surface area contributed by atoms with E-state index in [4.69, 9.17) is 0 Å². The van der Waals surface area contributed by atoms with Gasteiger partial charge in [0, 0.05) is 36.1 Å². The number of nitrogens with zero attached hydrogens (tertiary/aromatic N) is 2. The van der Waals surface area contributed by atoms with Crippen molar-refractivity contribution >= 4 is 10.9 Å². The third-order valence-electron chi connectivity index (χ3n) is 6.14. The van der Waals surface area contributed by atoms with Crippen LogP contribution in [0.3, 0.4) is 0 Å². The molecular formula is C22H23FN2. The van der Waals surface area contributed by atoms with Crippen LogP contribution in [0.25, 0.3) is 10.9 Å². The first-order valence-corrected chi connectivity index (χ1v) is 9.32. The summed E-state index contributed by atoms with van der Waals surface area (Å²) in [6, 6.07) is 15.6. The van der Waals surface area contributed by atoms with Crippen molar-refractivity contribution in [1.29, 1.82) is 0 Å². The molecule has 0 aliphatic carbocycles. The normalized spacial score (nSPS) is 25.6. The molecule has 4 heterocycles. The Balaban J connectivity index is 1.55. The Kier molecular flexibility index (Phi) is 3.63. The topological polar surface area (TPSA) is 8.17 Å². The van der Waals surface area contributed by atoms with Crippen molar-refractivity contribution in [2.45, 2.75) is 25.3 Å². The monoisotopic (exact) mass is 334 g/mol. The highest BCUT2D eigenvalue weighted by Gasteiger charge is 2.36. The molecule has 2 nitrogen and oxygen atoms in total. The van der Waals surface area contributed by atoms with Crippen molar-refractivity contribution in [2.75, 3.05) is 19.6 Å². The van der Waals surface area contributed by atoms with Crippen LogP contribution in [0.1, 0.15) is 29.9 Å². The third kappa shape index (κ3) is 2.67. The van der Waals surface area contributed by atoms with Gasteiger partial charge in [-0.15, -0.1) is 0 Å². The summed E-state index contributed by atoms with van der Waals surface area (Å²) in [6.45, 7) is 4.54. The number of hydrogen-bond donors (Lipinski definition) is 0. The summed E-state index contributed by atoms with van der Waals surface area (Å²) >= 11 is 0. The fourth-order valence-electron chi connectivity index (χ4n) is 4.81. The molecule has 1 unspecified atom stereocenters. The van der Waals surface area contributed by atoms with E-state index in [0.717, 1.165) is 18.0 Å². The number of halogens is 1. The Morgan fingerprint density at radius 3 is 2.44 bits per heavy atom. The van der Waals surface area contributed by atoms with Gasteiger partial charge in [0.15, 0.2) is 0 Å². The molecule has 0 saturated carbocycles. The average molecular weight is 334 g/mol. The average Bonchev–Trinajstić information content (AvgIpc) is 3.03. The first-order valence-electron chi connectivity index (χ1n) is 9.32. The van der Waals surface area contributed by atoms with Gasteiger partial charge in [-0.2, -0.15) is 0 Å². The van der Waals surface area contributed by atoms with E-state index in [1.165, 1.54) is 48.9 Å². The molecule has 128 valence electrons. The summed E-state index contributed by atoms with van der Waals surface area (Å²) in [5, 5.41) is 1.39.